The molecule has 2 fully saturated rings. The summed E-state index contributed by atoms with van der Waals surface area (Å²) < 4.78 is 0. The Balaban J connectivity index is 2.02. The van der Waals surface area contributed by atoms with Crippen LogP contribution in [0.5, 0.6) is 0 Å². The van der Waals surface area contributed by atoms with Crippen LogP contribution in [-0.4, -0.2) is 41.9 Å². The molecule has 0 unspecified atom stereocenters. The van der Waals surface area contributed by atoms with Gasteiger partial charge in [-0.15, -0.1) is 0 Å². The first-order valence-electron chi connectivity index (χ1n) is 9.25. The van der Waals surface area contributed by atoms with Crippen molar-refractivity contribution in [1.82, 2.24) is 10.8 Å². The second kappa shape index (κ2) is 8.85. The summed E-state index contributed by atoms with van der Waals surface area (Å²) in [5.74, 6) is 1.06. The van der Waals surface area contributed by atoms with E-state index in [4.69, 9.17) is 10.4 Å². The van der Waals surface area contributed by atoms with Crippen molar-refractivity contribution in [3.8, 4) is 0 Å². The molecule has 0 spiro atoms. The summed E-state index contributed by atoms with van der Waals surface area (Å²) >= 11 is 0. The van der Waals surface area contributed by atoms with Crippen LogP contribution in [0.4, 0.5) is 0 Å². The molecule has 8 heteroatoms. The Bertz CT molecular complexity index is 507. The fourth-order valence-corrected chi connectivity index (χ4v) is 4.06. The van der Waals surface area contributed by atoms with E-state index in [9.17, 15) is 9.90 Å². The minimum absolute atomic E-state index is 0.0814. The van der Waals surface area contributed by atoms with Crippen molar-refractivity contribution in [2.45, 2.75) is 71.2 Å². The molecule has 8 nitrogen and oxygen atoms in total. The van der Waals surface area contributed by atoms with E-state index in [2.05, 4.69) is 41.6 Å². The molecule has 7 atom stereocenters. The van der Waals surface area contributed by atoms with E-state index in [1.165, 1.54) is 6.42 Å². The smallest absolute Gasteiger partial charge is 0.240 e. The van der Waals surface area contributed by atoms with Crippen LogP contribution in [-0.2, 0) is 9.63 Å². The summed E-state index contributed by atoms with van der Waals surface area (Å²) in [5, 5.41) is 16.8. The molecule has 2 rings (SSSR count). The van der Waals surface area contributed by atoms with Gasteiger partial charge < -0.3 is 10.4 Å². The van der Waals surface area contributed by atoms with E-state index in [0.29, 0.717) is 17.8 Å². The van der Waals surface area contributed by atoms with E-state index in [1.807, 2.05) is 0 Å². The molecule has 142 valence electrons. The summed E-state index contributed by atoms with van der Waals surface area (Å²) in [6.07, 6.45) is 2.04. The molecule has 0 aromatic rings. The van der Waals surface area contributed by atoms with Gasteiger partial charge in [-0.05, 0) is 49.5 Å². The van der Waals surface area contributed by atoms with Gasteiger partial charge in [0.15, 0.2) is 0 Å². The Morgan fingerprint density at radius 2 is 2.16 bits per heavy atom. The highest BCUT2D eigenvalue weighted by Crippen LogP contribution is 2.33. The van der Waals surface area contributed by atoms with Crippen LogP contribution in [0.25, 0.3) is 10.4 Å². The molecule has 0 radical (unpaired) electrons. The highest BCUT2D eigenvalue weighted by Gasteiger charge is 2.45. The van der Waals surface area contributed by atoms with Gasteiger partial charge in [-0.2, -0.15) is 5.48 Å². The number of nitrogens with one attached hydrogen (secondary N) is 2. The molecule has 0 aromatic heterocycles. The first-order valence-corrected chi connectivity index (χ1v) is 9.25. The zero-order valence-electron chi connectivity index (χ0n) is 15.6. The fourth-order valence-electron chi connectivity index (χ4n) is 4.06. The number of hydrogen-bond acceptors (Lipinski definition) is 5. The van der Waals surface area contributed by atoms with Crippen LogP contribution in [0.1, 0.15) is 47.0 Å². The molecule has 1 amide bonds. The van der Waals surface area contributed by atoms with Crippen LogP contribution in [0.3, 0.4) is 0 Å². The van der Waals surface area contributed by atoms with Gasteiger partial charge in [-0.1, -0.05) is 25.9 Å². The molecular weight excluding hydrogens is 322 g/mol. The largest absolute Gasteiger partial charge is 0.393 e. The number of aliphatic hydroxyl groups is 1. The third-order valence-corrected chi connectivity index (χ3v) is 5.83. The third-order valence-electron chi connectivity index (χ3n) is 5.83. The fraction of sp³-hybridized carbons (Fsp3) is 0.941. The van der Waals surface area contributed by atoms with Crippen molar-refractivity contribution in [2.24, 2.45) is 28.8 Å². The second-order valence-corrected chi connectivity index (χ2v) is 7.89. The van der Waals surface area contributed by atoms with Crippen LogP contribution in [0, 0.1) is 23.7 Å². The molecule has 0 aromatic carbocycles. The molecule has 1 saturated heterocycles. The summed E-state index contributed by atoms with van der Waals surface area (Å²) in [6.45, 7) is 8.35. The van der Waals surface area contributed by atoms with E-state index in [0.717, 1.165) is 12.8 Å². The number of carbonyl (C=O) groups excluding carboxylic acids is 1. The Morgan fingerprint density at radius 1 is 1.44 bits per heavy atom. The third kappa shape index (κ3) is 4.85. The lowest BCUT2D eigenvalue weighted by molar-refractivity contribution is -0.127. The van der Waals surface area contributed by atoms with Crippen molar-refractivity contribution in [2.75, 3.05) is 6.54 Å². The maximum atomic E-state index is 12.8. The highest BCUT2D eigenvalue weighted by atomic mass is 16.7. The summed E-state index contributed by atoms with van der Waals surface area (Å²) in [5.41, 5.74) is 11.2. The Morgan fingerprint density at radius 3 is 2.76 bits per heavy atom. The van der Waals surface area contributed by atoms with Crippen LogP contribution < -0.4 is 10.8 Å². The minimum atomic E-state index is -0.753. The first-order chi connectivity index (χ1) is 11.8. The standard InChI is InChI=1S/C17H31N5O3/c1-9(2)12-6-5-10(3)13(7-12)20-17(24)16-15(11(4)23)14(25-21-16)8-19-22-18/h9-16,21,23H,5-8H2,1-4H3,(H,20,24)/t10-,11-,12-,13-,14-,15+,16-/m0/s1. The zero-order chi connectivity index (χ0) is 18.6. The lowest BCUT2D eigenvalue weighted by atomic mass is 9.74. The Labute approximate surface area is 149 Å². The van der Waals surface area contributed by atoms with Crippen LogP contribution in [0.15, 0.2) is 5.11 Å². The molecule has 2 aliphatic rings. The normalized spacial score (nSPS) is 36.7. The molecule has 1 saturated carbocycles. The number of amides is 1. The van der Waals surface area contributed by atoms with Gasteiger partial charge in [0.25, 0.3) is 0 Å². The highest BCUT2D eigenvalue weighted by molar-refractivity contribution is 5.82. The minimum Gasteiger partial charge on any atom is -0.393 e. The van der Waals surface area contributed by atoms with Gasteiger partial charge in [0, 0.05) is 16.9 Å². The van der Waals surface area contributed by atoms with Gasteiger partial charge in [-0.3, -0.25) is 9.63 Å². The monoisotopic (exact) mass is 353 g/mol. The number of azide groups is 1. The number of carbonyl (C=O) groups is 1. The van der Waals surface area contributed by atoms with Gasteiger partial charge in [0.1, 0.15) is 6.04 Å². The summed E-state index contributed by atoms with van der Waals surface area (Å²) in [4.78, 5) is 20.9. The molecule has 0 bridgehead atoms. The molecule has 1 aliphatic heterocycles. The van der Waals surface area contributed by atoms with Crippen molar-refractivity contribution < 1.29 is 14.7 Å². The summed E-state index contributed by atoms with van der Waals surface area (Å²) in [6, 6.07) is -0.508. The Hall–Kier alpha value is -1.34. The molecule has 1 heterocycles. The van der Waals surface area contributed by atoms with Gasteiger partial charge in [0.05, 0.1) is 18.8 Å². The van der Waals surface area contributed by atoms with Gasteiger partial charge >= 0.3 is 0 Å². The lowest BCUT2D eigenvalue weighted by Crippen LogP contribution is -2.53. The quantitative estimate of drug-likeness (QED) is 0.385. The predicted molar refractivity (Wildman–Crippen MR) is 94.3 cm³/mol. The van der Waals surface area contributed by atoms with Crippen LogP contribution in [0.2, 0.25) is 0 Å². The maximum Gasteiger partial charge on any atom is 0.240 e. The predicted octanol–water partition coefficient (Wildman–Crippen LogP) is 2.14. The molecule has 1 aliphatic carbocycles. The number of nitrogens with zero attached hydrogens (tertiary/aromatic N) is 3. The maximum absolute atomic E-state index is 12.8. The van der Waals surface area contributed by atoms with Gasteiger partial charge in [-0.25, -0.2) is 0 Å². The zero-order valence-corrected chi connectivity index (χ0v) is 15.6. The van der Waals surface area contributed by atoms with Crippen molar-refractivity contribution >= 4 is 5.91 Å². The average Bonchev–Trinajstić information content (AvgIpc) is 2.98. The second-order valence-electron chi connectivity index (χ2n) is 7.89. The number of rotatable bonds is 6. The number of hydrogen-bond donors (Lipinski definition) is 3. The van der Waals surface area contributed by atoms with E-state index in [-0.39, 0.29) is 18.5 Å². The number of aliphatic hydroxyl groups excluding tert-OH is 1. The summed E-state index contributed by atoms with van der Waals surface area (Å²) in [7, 11) is 0. The first kappa shape index (κ1) is 20.0. The van der Waals surface area contributed by atoms with Crippen LogP contribution >= 0.6 is 0 Å². The van der Waals surface area contributed by atoms with Gasteiger partial charge in [0.2, 0.25) is 5.91 Å². The number of hydroxylamine groups is 1. The van der Waals surface area contributed by atoms with Crippen molar-refractivity contribution in [1.29, 1.82) is 0 Å². The van der Waals surface area contributed by atoms with Crippen molar-refractivity contribution in [3.63, 3.8) is 0 Å². The topological polar surface area (TPSA) is 119 Å². The molecule has 25 heavy (non-hydrogen) atoms. The average molecular weight is 353 g/mol. The lowest BCUT2D eigenvalue weighted by Gasteiger charge is -2.37. The van der Waals surface area contributed by atoms with Crippen molar-refractivity contribution in [3.05, 3.63) is 10.4 Å². The Kier molecular flexibility index (Phi) is 7.07. The SMILES string of the molecule is CC(C)[C@H]1CC[C@H](C)[C@@H](NC(=O)[C@H]2NO[C@@H](CN=[N+]=[N-])[C@H]2[C@H](C)O)C1. The van der Waals surface area contributed by atoms with E-state index in [1.54, 1.807) is 6.92 Å². The molecular formula is C17H31N5O3. The molecule has 3 N–H and O–H groups in total. The van der Waals surface area contributed by atoms with E-state index >= 15 is 0 Å². The van der Waals surface area contributed by atoms with E-state index < -0.39 is 24.2 Å².